The molecule has 0 aliphatic rings. The Kier molecular flexibility index (Phi) is 23.9. The Morgan fingerprint density at radius 1 is 0.548 bits per heavy atom. The van der Waals surface area contributed by atoms with Crippen LogP contribution >= 0.6 is 0 Å². The molecule has 0 amide bonds. The van der Waals surface area contributed by atoms with Crippen molar-refractivity contribution in [1.29, 1.82) is 0 Å². The van der Waals surface area contributed by atoms with E-state index in [2.05, 4.69) is 6.92 Å². The Labute approximate surface area is 185 Å². The maximum atomic E-state index is 11.4. The molecule has 0 saturated heterocycles. The van der Waals surface area contributed by atoms with E-state index in [1.807, 2.05) is 0 Å². The summed E-state index contributed by atoms with van der Waals surface area (Å²) in [7, 11) is 0. The zero-order valence-corrected chi connectivity index (χ0v) is 18.8. The Bertz CT molecular complexity index is 406. The number of carboxylic acids is 1. The van der Waals surface area contributed by atoms with Gasteiger partial charge in [0.25, 0.3) is 0 Å². The first-order valence-corrected chi connectivity index (χ1v) is 11.0. The molecule has 0 aliphatic carbocycles. The van der Waals surface area contributed by atoms with Crippen LogP contribution in [-0.4, -0.2) is 103 Å². The molecule has 0 atom stereocenters. The van der Waals surface area contributed by atoms with Crippen molar-refractivity contribution < 1.29 is 47.9 Å². The summed E-state index contributed by atoms with van der Waals surface area (Å²) in [4.78, 5) is 21.7. The molecule has 0 spiro atoms. The van der Waals surface area contributed by atoms with E-state index in [4.69, 9.17) is 38.3 Å². The van der Waals surface area contributed by atoms with Gasteiger partial charge in [0.1, 0.15) is 6.61 Å². The van der Waals surface area contributed by atoms with Gasteiger partial charge in [0.05, 0.1) is 85.7 Å². The number of carboxylic acid groups (broad SMARTS) is 1. The van der Waals surface area contributed by atoms with Crippen molar-refractivity contribution in [2.45, 2.75) is 39.0 Å². The van der Waals surface area contributed by atoms with Crippen molar-refractivity contribution >= 4 is 11.9 Å². The fourth-order valence-electron chi connectivity index (χ4n) is 2.17. The van der Waals surface area contributed by atoms with Crippen LogP contribution in [0.15, 0.2) is 0 Å². The number of esters is 1. The molecule has 0 heterocycles. The molecule has 0 aromatic rings. The summed E-state index contributed by atoms with van der Waals surface area (Å²) in [5.41, 5.74) is 0. The van der Waals surface area contributed by atoms with Gasteiger partial charge in [0, 0.05) is 6.42 Å². The van der Waals surface area contributed by atoms with Gasteiger partial charge in [0.15, 0.2) is 0 Å². The fourth-order valence-corrected chi connectivity index (χ4v) is 2.17. The van der Waals surface area contributed by atoms with Crippen LogP contribution in [0.5, 0.6) is 0 Å². The molecule has 0 aromatic carbocycles. The average molecular weight is 453 g/mol. The van der Waals surface area contributed by atoms with Crippen LogP contribution < -0.4 is 0 Å². The van der Waals surface area contributed by atoms with Gasteiger partial charge in [-0.3, -0.25) is 9.59 Å². The fraction of sp³-hybridized carbons (Fsp3) is 0.905. The van der Waals surface area contributed by atoms with E-state index < -0.39 is 5.97 Å². The molecule has 0 fully saturated rings. The van der Waals surface area contributed by atoms with E-state index in [1.165, 1.54) is 0 Å². The molecule has 0 aliphatic heterocycles. The second-order valence-electron chi connectivity index (χ2n) is 6.50. The smallest absolute Gasteiger partial charge is 0.305 e. The van der Waals surface area contributed by atoms with Crippen molar-refractivity contribution in [3.63, 3.8) is 0 Å². The van der Waals surface area contributed by atoms with Gasteiger partial charge in [-0.15, -0.1) is 0 Å². The van der Waals surface area contributed by atoms with Crippen LogP contribution in [0.3, 0.4) is 0 Å². The van der Waals surface area contributed by atoms with Gasteiger partial charge in [-0.05, 0) is 6.42 Å². The quantitative estimate of drug-likeness (QED) is 0.162. The number of carbonyl (C=O) groups is 2. The van der Waals surface area contributed by atoms with Crippen LogP contribution in [-0.2, 0) is 42.7 Å². The molecule has 0 rings (SSSR count). The Morgan fingerprint density at radius 2 is 0.935 bits per heavy atom. The number of aliphatic carboxylic acids is 1. The number of rotatable bonds is 25. The van der Waals surface area contributed by atoms with Crippen molar-refractivity contribution in [1.82, 2.24) is 0 Å². The Morgan fingerprint density at radius 3 is 1.32 bits per heavy atom. The first-order valence-electron chi connectivity index (χ1n) is 11.0. The summed E-state index contributed by atoms with van der Waals surface area (Å²) < 4.78 is 36.9. The summed E-state index contributed by atoms with van der Waals surface area (Å²) in [6, 6.07) is 0. The summed E-state index contributed by atoms with van der Waals surface area (Å²) in [5, 5.41) is 8.44. The van der Waals surface area contributed by atoms with Crippen molar-refractivity contribution in [3.8, 4) is 0 Å². The third-order valence-electron chi connectivity index (χ3n) is 3.80. The molecule has 0 unspecified atom stereocenters. The molecule has 0 radical (unpaired) electrons. The number of ether oxygens (including phenoxy) is 7. The molecular weight excluding hydrogens is 412 g/mol. The predicted molar refractivity (Wildman–Crippen MR) is 112 cm³/mol. The molecule has 10 nitrogen and oxygen atoms in total. The number of hydrogen-bond acceptors (Lipinski definition) is 9. The average Bonchev–Trinajstić information content (AvgIpc) is 2.74. The molecule has 0 aromatic heterocycles. The van der Waals surface area contributed by atoms with Gasteiger partial charge in [0.2, 0.25) is 0 Å². The third kappa shape index (κ3) is 26.7. The number of carbonyl (C=O) groups excluding carboxylic acids is 1. The normalized spacial score (nSPS) is 11.0. The molecule has 10 heteroatoms. The van der Waals surface area contributed by atoms with Crippen molar-refractivity contribution in [2.75, 3.05) is 85.9 Å². The number of hydrogen-bond donors (Lipinski definition) is 1. The van der Waals surface area contributed by atoms with Gasteiger partial charge >= 0.3 is 11.9 Å². The van der Waals surface area contributed by atoms with E-state index in [1.54, 1.807) is 0 Å². The summed E-state index contributed by atoms with van der Waals surface area (Å²) in [5.74, 6) is -1.04. The monoisotopic (exact) mass is 452 g/mol. The van der Waals surface area contributed by atoms with E-state index in [0.29, 0.717) is 79.1 Å². The van der Waals surface area contributed by atoms with Crippen molar-refractivity contribution in [2.24, 2.45) is 0 Å². The van der Waals surface area contributed by atoms with Crippen LogP contribution in [0.2, 0.25) is 0 Å². The highest BCUT2D eigenvalue weighted by atomic mass is 16.6. The predicted octanol–water partition coefficient (Wildman–Crippen LogP) is 1.68. The lowest BCUT2D eigenvalue weighted by Gasteiger charge is -2.08. The minimum absolute atomic E-state index is 0.000160. The van der Waals surface area contributed by atoms with E-state index >= 15 is 0 Å². The third-order valence-corrected chi connectivity index (χ3v) is 3.80. The lowest BCUT2D eigenvalue weighted by molar-refractivity contribution is -0.145. The highest BCUT2D eigenvalue weighted by Crippen LogP contribution is 2.00. The lowest BCUT2D eigenvalue weighted by Crippen LogP contribution is -2.15. The molecule has 0 saturated carbocycles. The lowest BCUT2D eigenvalue weighted by atomic mass is 10.2. The largest absolute Gasteiger partial charge is 0.481 e. The zero-order chi connectivity index (χ0) is 22.8. The Hall–Kier alpha value is -1.30. The molecule has 1 N–H and O–H groups in total. The summed E-state index contributed by atoms with van der Waals surface area (Å²) >= 11 is 0. The molecule has 0 bridgehead atoms. The highest BCUT2D eigenvalue weighted by Gasteiger charge is 2.01. The minimum Gasteiger partial charge on any atom is -0.481 e. The van der Waals surface area contributed by atoms with Gasteiger partial charge in [-0.2, -0.15) is 0 Å². The SMILES string of the molecule is CCCCCC(=O)OCCOCCOCCOCCOCCOCCOCCC(=O)O. The second-order valence-corrected chi connectivity index (χ2v) is 6.50. The van der Waals surface area contributed by atoms with Gasteiger partial charge < -0.3 is 38.3 Å². The van der Waals surface area contributed by atoms with E-state index in [9.17, 15) is 9.59 Å². The van der Waals surface area contributed by atoms with Crippen LogP contribution in [0.4, 0.5) is 0 Å². The van der Waals surface area contributed by atoms with Crippen LogP contribution in [0.25, 0.3) is 0 Å². The van der Waals surface area contributed by atoms with Crippen molar-refractivity contribution in [3.05, 3.63) is 0 Å². The maximum absolute atomic E-state index is 11.4. The zero-order valence-electron chi connectivity index (χ0n) is 18.8. The Balaban J connectivity index is 3.08. The topological polar surface area (TPSA) is 119 Å². The minimum atomic E-state index is -0.874. The molecular formula is C21H40O10. The molecule has 31 heavy (non-hydrogen) atoms. The summed E-state index contributed by atoms with van der Waals surface area (Å²) in [6.07, 6.45) is 3.48. The maximum Gasteiger partial charge on any atom is 0.305 e. The van der Waals surface area contributed by atoms with E-state index in [0.717, 1.165) is 19.3 Å². The first-order chi connectivity index (χ1) is 15.2. The first kappa shape index (κ1) is 29.7. The van der Waals surface area contributed by atoms with E-state index in [-0.39, 0.29) is 25.6 Å². The standard InChI is InChI=1S/C21H40O10/c1-2-3-4-5-21(24)31-19-18-30-17-16-29-15-14-28-13-12-27-11-10-26-9-8-25-7-6-20(22)23/h2-19H2,1H3,(H,22,23). The van der Waals surface area contributed by atoms with Crippen LogP contribution in [0.1, 0.15) is 39.0 Å². The summed E-state index contributed by atoms with van der Waals surface area (Å²) in [6.45, 7) is 7.42. The van der Waals surface area contributed by atoms with Gasteiger partial charge in [-0.25, -0.2) is 0 Å². The second kappa shape index (κ2) is 25.0. The number of unbranched alkanes of at least 4 members (excludes halogenated alkanes) is 2. The van der Waals surface area contributed by atoms with Gasteiger partial charge in [-0.1, -0.05) is 19.8 Å². The molecule has 184 valence electrons. The van der Waals surface area contributed by atoms with Crippen LogP contribution in [0, 0.1) is 0 Å². The highest BCUT2D eigenvalue weighted by molar-refractivity contribution is 5.69.